The smallest absolute Gasteiger partial charge is 0.287 e. The number of anilines is 1. The highest BCUT2D eigenvalue weighted by molar-refractivity contribution is 6.31. The monoisotopic (exact) mass is 412 g/mol. The maximum Gasteiger partial charge on any atom is 0.287 e. The van der Waals surface area contributed by atoms with Crippen LogP contribution in [0.4, 0.5) is 5.69 Å². The van der Waals surface area contributed by atoms with E-state index in [1.54, 1.807) is 37.3 Å². The van der Waals surface area contributed by atoms with Gasteiger partial charge in [0.05, 0.1) is 6.54 Å². The van der Waals surface area contributed by atoms with E-state index < -0.39 is 5.91 Å². The second kappa shape index (κ2) is 9.30. The van der Waals surface area contributed by atoms with Gasteiger partial charge in [-0.2, -0.15) is 0 Å². The number of halogens is 1. The van der Waals surface area contributed by atoms with Crippen molar-refractivity contribution in [3.8, 4) is 5.75 Å². The number of furan rings is 1. The van der Waals surface area contributed by atoms with E-state index in [-0.39, 0.29) is 24.8 Å². The van der Waals surface area contributed by atoms with Crippen LogP contribution >= 0.6 is 11.6 Å². The molecule has 3 aromatic rings. The first-order valence-electron chi connectivity index (χ1n) is 9.04. The molecule has 1 aromatic heterocycles. The van der Waals surface area contributed by atoms with Gasteiger partial charge in [-0.25, -0.2) is 0 Å². The summed E-state index contributed by atoms with van der Waals surface area (Å²) in [6.45, 7) is 3.76. The van der Waals surface area contributed by atoms with Crippen LogP contribution in [0, 0.1) is 13.8 Å². The molecule has 0 fully saturated rings. The van der Waals surface area contributed by atoms with Crippen LogP contribution in [0.3, 0.4) is 0 Å². The fourth-order valence-electron chi connectivity index (χ4n) is 2.63. The molecule has 0 radical (unpaired) electrons. The minimum absolute atomic E-state index is 0.111. The summed E-state index contributed by atoms with van der Waals surface area (Å²) in [6.07, 6.45) is 0. The third kappa shape index (κ3) is 5.39. The Bertz CT molecular complexity index is 1030. The molecule has 0 unspecified atom stereocenters. The van der Waals surface area contributed by atoms with Gasteiger partial charge in [0.25, 0.3) is 5.91 Å². The molecule has 150 valence electrons. The SMILES string of the molecule is Cc1ccccc1OCc1ccc(C(=O)NCC(=O)Nc2cccc(Cl)c2C)o1. The molecule has 6 nitrogen and oxygen atoms in total. The highest BCUT2D eigenvalue weighted by Crippen LogP contribution is 2.22. The van der Waals surface area contributed by atoms with Crippen molar-refractivity contribution in [2.75, 3.05) is 11.9 Å². The zero-order valence-electron chi connectivity index (χ0n) is 16.1. The molecule has 0 aliphatic heterocycles. The van der Waals surface area contributed by atoms with Gasteiger partial charge in [-0.15, -0.1) is 0 Å². The van der Waals surface area contributed by atoms with E-state index in [0.717, 1.165) is 16.9 Å². The van der Waals surface area contributed by atoms with E-state index in [2.05, 4.69) is 10.6 Å². The van der Waals surface area contributed by atoms with E-state index in [0.29, 0.717) is 16.5 Å². The summed E-state index contributed by atoms with van der Waals surface area (Å²) in [5.74, 6) is 0.531. The Hall–Kier alpha value is -3.25. The zero-order chi connectivity index (χ0) is 20.8. The molecule has 0 aliphatic carbocycles. The standard InChI is InChI=1S/C22H21ClN2O4/c1-14-6-3-4-9-19(14)28-13-16-10-11-20(29-16)22(27)24-12-21(26)25-18-8-5-7-17(23)15(18)2/h3-11H,12-13H2,1-2H3,(H,24,27)(H,25,26). The average molecular weight is 413 g/mol. The molecule has 0 spiro atoms. The Morgan fingerprint density at radius 3 is 2.62 bits per heavy atom. The second-order valence-corrected chi connectivity index (χ2v) is 6.87. The number of hydrogen-bond donors (Lipinski definition) is 2. The predicted octanol–water partition coefficient (Wildman–Crippen LogP) is 4.50. The van der Waals surface area contributed by atoms with Crippen LogP contribution in [0.1, 0.15) is 27.4 Å². The number of carbonyl (C=O) groups excluding carboxylic acids is 2. The number of amides is 2. The van der Waals surface area contributed by atoms with Gasteiger partial charge < -0.3 is 19.8 Å². The molecule has 0 bridgehead atoms. The summed E-state index contributed by atoms with van der Waals surface area (Å²) in [4.78, 5) is 24.3. The first-order chi connectivity index (χ1) is 13.9. The molecule has 2 N–H and O–H groups in total. The lowest BCUT2D eigenvalue weighted by Crippen LogP contribution is -2.32. The number of ether oxygens (including phenoxy) is 1. The van der Waals surface area contributed by atoms with E-state index in [1.165, 1.54) is 0 Å². The van der Waals surface area contributed by atoms with Crippen LogP contribution in [-0.2, 0) is 11.4 Å². The van der Waals surface area contributed by atoms with Gasteiger partial charge in [0, 0.05) is 10.7 Å². The number of para-hydroxylation sites is 1. The van der Waals surface area contributed by atoms with Gasteiger partial charge >= 0.3 is 0 Å². The largest absolute Gasteiger partial charge is 0.485 e. The van der Waals surface area contributed by atoms with Crippen LogP contribution in [-0.4, -0.2) is 18.4 Å². The van der Waals surface area contributed by atoms with Crippen LogP contribution in [0.15, 0.2) is 59.0 Å². The molecule has 1 heterocycles. The van der Waals surface area contributed by atoms with Crippen molar-refractivity contribution < 1.29 is 18.7 Å². The van der Waals surface area contributed by atoms with Crippen molar-refractivity contribution in [2.45, 2.75) is 20.5 Å². The topological polar surface area (TPSA) is 80.6 Å². The maximum atomic E-state index is 12.2. The zero-order valence-corrected chi connectivity index (χ0v) is 16.9. The highest BCUT2D eigenvalue weighted by Gasteiger charge is 2.14. The van der Waals surface area contributed by atoms with Crippen LogP contribution in [0.25, 0.3) is 0 Å². The van der Waals surface area contributed by atoms with Crippen LogP contribution in [0.2, 0.25) is 5.02 Å². The lowest BCUT2D eigenvalue weighted by Gasteiger charge is -2.09. The Labute approximate surface area is 173 Å². The lowest BCUT2D eigenvalue weighted by molar-refractivity contribution is -0.115. The normalized spacial score (nSPS) is 10.4. The van der Waals surface area contributed by atoms with Crippen molar-refractivity contribution in [1.29, 1.82) is 0 Å². The maximum absolute atomic E-state index is 12.2. The minimum Gasteiger partial charge on any atom is -0.485 e. The highest BCUT2D eigenvalue weighted by atomic mass is 35.5. The Morgan fingerprint density at radius 1 is 1.03 bits per heavy atom. The van der Waals surface area contributed by atoms with Crippen LogP contribution in [0.5, 0.6) is 5.75 Å². The van der Waals surface area contributed by atoms with E-state index in [4.69, 9.17) is 20.8 Å². The fraction of sp³-hybridized carbons (Fsp3) is 0.182. The summed E-state index contributed by atoms with van der Waals surface area (Å²) in [5.41, 5.74) is 2.38. The quantitative estimate of drug-likeness (QED) is 0.598. The van der Waals surface area contributed by atoms with Crippen molar-refractivity contribution in [3.63, 3.8) is 0 Å². The Kier molecular flexibility index (Phi) is 6.57. The molecule has 2 aromatic carbocycles. The summed E-state index contributed by atoms with van der Waals surface area (Å²) < 4.78 is 11.2. The first kappa shape index (κ1) is 20.5. The van der Waals surface area contributed by atoms with Crippen molar-refractivity contribution >= 4 is 29.1 Å². The molecule has 3 rings (SSSR count). The third-order valence-corrected chi connectivity index (χ3v) is 4.71. The molecular weight excluding hydrogens is 392 g/mol. The number of rotatable bonds is 7. The predicted molar refractivity (Wildman–Crippen MR) is 111 cm³/mol. The number of hydrogen-bond acceptors (Lipinski definition) is 4. The number of aryl methyl sites for hydroxylation is 1. The van der Waals surface area contributed by atoms with Gasteiger partial charge in [0.1, 0.15) is 18.1 Å². The minimum atomic E-state index is -0.481. The van der Waals surface area contributed by atoms with E-state index in [1.807, 2.05) is 31.2 Å². The third-order valence-electron chi connectivity index (χ3n) is 4.30. The average Bonchev–Trinajstić information content (AvgIpc) is 3.18. The summed E-state index contributed by atoms with van der Waals surface area (Å²) in [6, 6.07) is 16.1. The van der Waals surface area contributed by atoms with Gasteiger partial charge in [0.15, 0.2) is 5.76 Å². The van der Waals surface area contributed by atoms with Crippen LogP contribution < -0.4 is 15.4 Å². The molecule has 29 heavy (non-hydrogen) atoms. The molecule has 0 saturated carbocycles. The molecule has 0 saturated heterocycles. The summed E-state index contributed by atoms with van der Waals surface area (Å²) in [5, 5.41) is 5.81. The van der Waals surface area contributed by atoms with Crippen molar-refractivity contribution in [1.82, 2.24) is 5.32 Å². The van der Waals surface area contributed by atoms with E-state index >= 15 is 0 Å². The summed E-state index contributed by atoms with van der Waals surface area (Å²) >= 11 is 6.04. The molecule has 7 heteroatoms. The number of carbonyl (C=O) groups is 2. The van der Waals surface area contributed by atoms with Crippen molar-refractivity contribution in [3.05, 3.63) is 82.3 Å². The fourth-order valence-corrected chi connectivity index (χ4v) is 2.80. The Morgan fingerprint density at radius 2 is 1.83 bits per heavy atom. The summed E-state index contributed by atoms with van der Waals surface area (Å²) in [7, 11) is 0. The van der Waals surface area contributed by atoms with Gasteiger partial charge in [-0.1, -0.05) is 35.9 Å². The van der Waals surface area contributed by atoms with Gasteiger partial charge in [0.2, 0.25) is 5.91 Å². The second-order valence-electron chi connectivity index (χ2n) is 6.46. The first-order valence-corrected chi connectivity index (χ1v) is 9.42. The number of benzene rings is 2. The number of nitrogens with one attached hydrogen (secondary N) is 2. The molecule has 2 amide bonds. The lowest BCUT2D eigenvalue weighted by atomic mass is 10.2. The van der Waals surface area contributed by atoms with Gasteiger partial charge in [-0.05, 0) is 55.3 Å². The van der Waals surface area contributed by atoms with E-state index in [9.17, 15) is 9.59 Å². The Balaban J connectivity index is 1.50. The molecule has 0 atom stereocenters. The van der Waals surface area contributed by atoms with Crippen molar-refractivity contribution in [2.24, 2.45) is 0 Å². The molecular formula is C22H21ClN2O4. The molecule has 0 aliphatic rings. The van der Waals surface area contributed by atoms with Gasteiger partial charge in [-0.3, -0.25) is 9.59 Å².